The molecular weight excluding hydrogens is 925 g/mol. The van der Waals surface area contributed by atoms with Crippen molar-refractivity contribution in [2.75, 3.05) is 0 Å². The topological polar surface area (TPSA) is 0 Å². The van der Waals surface area contributed by atoms with E-state index in [1.165, 1.54) is 0 Å². The highest BCUT2D eigenvalue weighted by molar-refractivity contribution is 6.79. The van der Waals surface area contributed by atoms with Gasteiger partial charge in [-0.3, -0.25) is 0 Å². The van der Waals surface area contributed by atoms with E-state index in [2.05, 4.69) is 0 Å². The van der Waals surface area contributed by atoms with Crippen molar-refractivity contribution in [3.63, 3.8) is 0 Å². The van der Waals surface area contributed by atoms with Crippen molar-refractivity contribution in [3.8, 4) is 44.5 Å². The zero-order valence-corrected chi connectivity index (χ0v) is 42.3. The third-order valence-corrected chi connectivity index (χ3v) is 16.2. The largest absolute Gasteiger partial charge is 0.115 e. The zero-order valence-electron chi connectivity index (χ0n) is 42.3. The lowest BCUT2D eigenvalue weighted by atomic mass is 9.54. The van der Waals surface area contributed by atoms with Gasteiger partial charge in [0.1, 0.15) is 235 Å². The summed E-state index contributed by atoms with van der Waals surface area (Å²) in [7, 11) is 208. The van der Waals surface area contributed by atoms with E-state index in [0.29, 0.717) is 0 Å². The molecule has 0 heterocycles. The summed E-state index contributed by atoms with van der Waals surface area (Å²) in [4.78, 5) is 0. The quantitative estimate of drug-likeness (QED) is 0.122. The van der Waals surface area contributed by atoms with Crippen LogP contribution in [0.3, 0.4) is 0 Å². The number of rotatable bonds is 4. The molecule has 0 N–H and O–H groups in total. The summed E-state index contributed by atoms with van der Waals surface area (Å²) in [5.41, 5.74) is -6.18. The Morgan fingerprint density at radius 2 is 0.200 bits per heavy atom. The van der Waals surface area contributed by atoms with Gasteiger partial charge in [-0.15, -0.1) is 38.2 Å². The minimum absolute atomic E-state index is 0.0250. The Balaban J connectivity index is 1.44. The second-order valence-electron chi connectivity index (χ2n) is 19.9. The van der Waals surface area contributed by atoms with Crippen molar-refractivity contribution in [3.05, 3.63) is 0 Å². The first-order valence-corrected chi connectivity index (χ1v) is 23.7. The van der Waals surface area contributed by atoms with E-state index < -0.39 is 0 Å². The van der Waals surface area contributed by atoms with Gasteiger partial charge >= 0.3 is 0 Å². The van der Waals surface area contributed by atoms with Gasteiger partial charge in [0.25, 0.3) is 0 Å². The Bertz CT molecular complexity index is 4730. The molecule has 0 aliphatic rings. The van der Waals surface area contributed by atoms with Crippen LogP contribution in [-0.2, 0) is 0 Å². The molecule has 11 aromatic rings. The maximum absolute atomic E-state index is 7.74. The molecule has 80 heavy (non-hydrogen) atoms. The Morgan fingerprint density at radius 1 is 0.0750 bits per heavy atom. The van der Waals surface area contributed by atoms with Crippen LogP contribution in [0.2, 0.25) is 0 Å². The van der Waals surface area contributed by atoms with Crippen LogP contribution < -0.4 is 164 Å². The minimum Gasteiger partial charge on any atom is -0.112 e. The van der Waals surface area contributed by atoms with Crippen molar-refractivity contribution >= 4 is 464 Å². The smallest absolute Gasteiger partial charge is 0.112 e. The van der Waals surface area contributed by atoms with Crippen LogP contribution in [0.1, 0.15) is 0 Å². The monoisotopic (exact) mass is 930 g/mol. The van der Waals surface area contributed by atoms with Crippen molar-refractivity contribution in [2.24, 2.45) is 0 Å². The zero-order chi connectivity index (χ0) is 58.9. The Labute approximate surface area is 504 Å². The third-order valence-electron chi connectivity index (χ3n) is 16.2. The molecule has 11 rings (SSSR count). The lowest BCUT2D eigenvalue weighted by Gasteiger charge is -2.35. The molecular formula is C50B30. The molecule has 0 unspecified atom stereocenters. The molecule has 0 fully saturated rings. The molecule has 290 valence electrons. The van der Waals surface area contributed by atoms with E-state index in [0.717, 1.165) is 0 Å². The van der Waals surface area contributed by atoms with Gasteiger partial charge < -0.3 is 0 Å². The summed E-state index contributed by atoms with van der Waals surface area (Å²) in [6.45, 7) is 0. The molecule has 0 saturated carbocycles. The Hall–Kier alpha value is -4.55. The van der Waals surface area contributed by atoms with Crippen molar-refractivity contribution < 1.29 is 0 Å². The lowest BCUT2D eigenvalue weighted by molar-refractivity contribution is 1.75. The predicted octanol–water partition coefficient (Wildman–Crippen LogP) is -22.0. The lowest BCUT2D eigenvalue weighted by Crippen LogP contribution is -2.56. The first kappa shape index (κ1) is 57.3. The maximum atomic E-state index is 7.74. The molecule has 11 aromatic carbocycles. The van der Waals surface area contributed by atoms with Gasteiger partial charge in [-0.25, -0.2) is 0 Å². The molecule has 0 atom stereocenters. The van der Waals surface area contributed by atoms with Crippen molar-refractivity contribution in [2.45, 2.75) is 0 Å². The summed E-state index contributed by atoms with van der Waals surface area (Å²) >= 11 is 0. The number of hydrogen-bond acceptors (Lipinski definition) is 0. The Kier molecular flexibility index (Phi) is 13.6. The summed E-state index contributed by atoms with van der Waals surface area (Å²) < 4.78 is 0. The van der Waals surface area contributed by atoms with Gasteiger partial charge in [0.2, 0.25) is 0 Å². The van der Waals surface area contributed by atoms with Crippen LogP contribution in [0.4, 0.5) is 0 Å². The van der Waals surface area contributed by atoms with Gasteiger partial charge in [0.05, 0.1) is 0 Å². The molecule has 30 heteroatoms. The fourth-order valence-corrected chi connectivity index (χ4v) is 12.1. The van der Waals surface area contributed by atoms with E-state index in [4.69, 9.17) is 235 Å². The summed E-state index contributed by atoms with van der Waals surface area (Å²) in [6.07, 6.45) is 0. The Morgan fingerprint density at radius 3 is 0.487 bits per heavy atom. The second-order valence-corrected chi connectivity index (χ2v) is 19.9. The SMILES string of the molecule is [B]c1c([B])c([B])c(-c2c([B])c([B])c(-c3c([B])c([B])c([B])c([B])c3-c3c([B])c([B])c4c([B])c([B])c5c([B])c([B])c([B])c6c([B])c([B])c3c4c56)c([B])c2-c2c([B])c([B])c3c([B])c([B])c4c([B])c([B])c([B])c5c([B])c([B])c2c3c45)c([B])c1[B]. The van der Waals surface area contributed by atoms with Crippen molar-refractivity contribution in [1.29, 1.82) is 0 Å². The molecule has 0 saturated heterocycles. The van der Waals surface area contributed by atoms with E-state index in [-0.39, 0.29) is 273 Å². The normalized spacial score (nSPS) is 12.0. The second kappa shape index (κ2) is 19.0. The van der Waals surface area contributed by atoms with Crippen LogP contribution >= 0.6 is 0 Å². The fraction of sp³-hybridized carbons (Fsp3) is 0. The van der Waals surface area contributed by atoms with Gasteiger partial charge in [-0.05, 0) is 109 Å². The van der Waals surface area contributed by atoms with Gasteiger partial charge in [0, 0.05) is 0 Å². The number of hydrogen-bond donors (Lipinski definition) is 0. The van der Waals surface area contributed by atoms with Gasteiger partial charge in [-0.1, -0.05) is 126 Å². The molecule has 0 nitrogen and oxygen atoms in total. The maximum Gasteiger partial charge on any atom is 0.115 e. The predicted molar refractivity (Wildman–Crippen MR) is 377 cm³/mol. The summed E-state index contributed by atoms with van der Waals surface area (Å²) in [6, 6.07) is 0. The van der Waals surface area contributed by atoms with E-state index >= 15 is 0 Å². The van der Waals surface area contributed by atoms with E-state index in [1.807, 2.05) is 0 Å². The highest BCUT2D eigenvalue weighted by atomic mass is 14.3. The first-order valence-electron chi connectivity index (χ1n) is 23.7. The highest BCUT2D eigenvalue weighted by Crippen LogP contribution is 2.40. The minimum atomic E-state index is -0.351. The van der Waals surface area contributed by atoms with Crippen LogP contribution in [0, 0.1) is 0 Å². The molecule has 0 amide bonds. The average Bonchev–Trinajstić information content (AvgIpc) is 2.47. The van der Waals surface area contributed by atoms with Gasteiger partial charge in [-0.2, -0.15) is 0 Å². The number of benzene rings is 11. The van der Waals surface area contributed by atoms with E-state index in [1.54, 1.807) is 0 Å². The molecule has 0 aromatic heterocycles. The standard InChI is InChI=1S/C50B30/c51-21-7(8-5-1-3-15(31(61)22(5)52)38(68)44(74)40(70)17(3)35(65)33(63)13(1)29(59)24(8)54)11(20-42(72)48(78)50(80)49(79)43(20)73)26(56)37(67)19(21)12-10(27(57)46(76)47(77)28(12)58)9-6-2-4-16(32(62)23(6)53)39(69)45(75)41(71)18(4)36(66)34(64)14(2)30(60)25(9)55. The van der Waals surface area contributed by atoms with Crippen LogP contribution in [0.15, 0.2) is 0 Å². The van der Waals surface area contributed by atoms with Crippen LogP contribution in [0.5, 0.6) is 0 Å². The highest BCUT2D eigenvalue weighted by Gasteiger charge is 2.33. The summed E-state index contributed by atoms with van der Waals surface area (Å²) in [5.74, 6) is 0. The van der Waals surface area contributed by atoms with Crippen LogP contribution in [-0.4, -0.2) is 235 Å². The molecule has 60 radical (unpaired) electrons. The third kappa shape index (κ3) is 6.95. The molecule has 0 spiro atoms. The first-order chi connectivity index (χ1) is 37.3. The van der Waals surface area contributed by atoms with Crippen molar-refractivity contribution in [1.82, 2.24) is 0 Å². The summed E-state index contributed by atoms with van der Waals surface area (Å²) in [5, 5.41) is 1.83. The van der Waals surface area contributed by atoms with Crippen LogP contribution in [0.25, 0.3) is 109 Å². The van der Waals surface area contributed by atoms with Gasteiger partial charge in [0.15, 0.2) is 0 Å². The fourth-order valence-electron chi connectivity index (χ4n) is 12.1. The molecule has 0 aliphatic heterocycles. The molecule has 0 aliphatic carbocycles. The van der Waals surface area contributed by atoms with E-state index in [9.17, 15) is 0 Å². The molecule has 0 bridgehead atoms. The average molecular weight is 925 g/mol.